The van der Waals surface area contributed by atoms with Gasteiger partial charge in [-0.05, 0) is 30.0 Å². The van der Waals surface area contributed by atoms with E-state index in [4.69, 9.17) is 25.8 Å². The van der Waals surface area contributed by atoms with Gasteiger partial charge in [0.25, 0.3) is 10.0 Å². The van der Waals surface area contributed by atoms with Gasteiger partial charge < -0.3 is 14.2 Å². The van der Waals surface area contributed by atoms with Crippen LogP contribution in [0.2, 0.25) is 5.15 Å². The Morgan fingerprint density at radius 3 is 2.74 bits per heavy atom. The number of anilines is 1. The molecular weight excluding hydrogens is 444 g/mol. The van der Waals surface area contributed by atoms with Crippen molar-refractivity contribution in [3.63, 3.8) is 0 Å². The minimum atomic E-state index is -4.06. The number of halogens is 1. The summed E-state index contributed by atoms with van der Waals surface area (Å²) in [5.74, 6) is 0.426. The van der Waals surface area contributed by atoms with E-state index < -0.39 is 16.3 Å². The quantitative estimate of drug-likeness (QED) is 0.665. The topological polar surface area (TPSA) is 103 Å². The second-order valence-electron chi connectivity index (χ2n) is 7.59. The average Bonchev–Trinajstić information content (AvgIpc) is 2.72. The van der Waals surface area contributed by atoms with Gasteiger partial charge in [-0.1, -0.05) is 37.6 Å². The van der Waals surface area contributed by atoms with Gasteiger partial charge in [0.15, 0.2) is 0 Å². The summed E-state index contributed by atoms with van der Waals surface area (Å²) in [6, 6.07) is 7.90. The van der Waals surface area contributed by atoms with Gasteiger partial charge in [0.2, 0.25) is 11.8 Å². The molecule has 0 fully saturated rings. The van der Waals surface area contributed by atoms with Crippen LogP contribution in [0.25, 0.3) is 0 Å². The van der Waals surface area contributed by atoms with Crippen molar-refractivity contribution in [2.24, 2.45) is 5.92 Å². The average molecular weight is 471 g/mol. The molecule has 9 nitrogen and oxygen atoms in total. The van der Waals surface area contributed by atoms with Crippen LogP contribution < -0.4 is 14.4 Å². The largest absolute Gasteiger partial charge is 0.476 e. The fourth-order valence-corrected chi connectivity index (χ4v) is 4.84. The number of benzene rings is 1. The lowest BCUT2D eigenvalue weighted by Crippen LogP contribution is -2.39. The first-order chi connectivity index (χ1) is 14.7. The maximum absolute atomic E-state index is 13.4. The first-order valence-corrected chi connectivity index (χ1v) is 11.6. The number of hydrogen-bond acceptors (Lipinski definition) is 8. The number of methoxy groups -OCH3 is 2. The van der Waals surface area contributed by atoms with Crippen molar-refractivity contribution in [2.45, 2.75) is 37.4 Å². The molecule has 0 amide bonds. The van der Waals surface area contributed by atoms with Crippen molar-refractivity contribution >= 4 is 27.6 Å². The molecule has 2 atom stereocenters. The summed E-state index contributed by atoms with van der Waals surface area (Å²) in [7, 11) is -1.11. The second kappa shape index (κ2) is 10.1. The minimum Gasteiger partial charge on any atom is -0.476 e. The van der Waals surface area contributed by atoms with E-state index in [2.05, 4.69) is 29.1 Å². The van der Waals surface area contributed by atoms with Crippen molar-refractivity contribution < 1.29 is 22.6 Å². The van der Waals surface area contributed by atoms with E-state index in [9.17, 15) is 8.42 Å². The van der Waals surface area contributed by atoms with Gasteiger partial charge in [0, 0.05) is 26.3 Å². The van der Waals surface area contributed by atoms with Crippen LogP contribution in [-0.4, -0.2) is 52.0 Å². The summed E-state index contributed by atoms with van der Waals surface area (Å²) in [5.41, 5.74) is 0.666. The number of fused-ring (bicyclic) bond motifs is 4. The van der Waals surface area contributed by atoms with Gasteiger partial charge >= 0.3 is 0 Å². The molecule has 1 N–H and O–H groups in total. The number of aromatic nitrogens is 2. The zero-order valence-electron chi connectivity index (χ0n) is 17.9. The molecule has 3 rings (SSSR count). The van der Waals surface area contributed by atoms with Crippen LogP contribution in [0.3, 0.4) is 0 Å². The van der Waals surface area contributed by atoms with E-state index in [0.29, 0.717) is 11.5 Å². The highest BCUT2D eigenvalue weighted by Gasteiger charge is 2.30. The highest BCUT2D eigenvalue weighted by atomic mass is 35.5. The lowest BCUT2D eigenvalue weighted by atomic mass is 10.0. The Hall–Kier alpha value is -1.98. The van der Waals surface area contributed by atoms with Gasteiger partial charge in [-0.3, -0.25) is 5.32 Å². The number of sulfonamides is 1. The monoisotopic (exact) mass is 470 g/mol. The highest BCUT2D eigenvalue weighted by Crippen LogP contribution is 2.28. The van der Waals surface area contributed by atoms with Crippen molar-refractivity contribution in [1.29, 1.82) is 0 Å². The van der Waals surface area contributed by atoms with Gasteiger partial charge in [-0.25, -0.2) is 12.7 Å². The SMILES string of the molecule is COCN1c2nc(Cl)cc(n2)OC[C@@H](CC(C)C)NC(OC)c2cccc(c2)S1(=O)=O. The fraction of sp³-hybridized carbons (Fsp3) is 0.500. The fourth-order valence-electron chi connectivity index (χ4n) is 3.34. The summed E-state index contributed by atoms with van der Waals surface area (Å²) in [4.78, 5) is 8.42. The zero-order chi connectivity index (χ0) is 22.6. The molecule has 1 aliphatic heterocycles. The van der Waals surface area contributed by atoms with Crippen LogP contribution in [0.5, 0.6) is 5.88 Å². The molecule has 1 unspecified atom stereocenters. The lowest BCUT2D eigenvalue weighted by molar-refractivity contribution is 0.0511. The number of rotatable bonds is 5. The van der Waals surface area contributed by atoms with Gasteiger partial charge in [0.1, 0.15) is 24.7 Å². The Balaban J connectivity index is 2.17. The van der Waals surface area contributed by atoms with Crippen molar-refractivity contribution in [1.82, 2.24) is 15.3 Å². The van der Waals surface area contributed by atoms with Gasteiger partial charge in [-0.2, -0.15) is 9.97 Å². The summed E-state index contributed by atoms with van der Waals surface area (Å²) in [5, 5.41) is 3.47. The zero-order valence-corrected chi connectivity index (χ0v) is 19.5. The third-order valence-electron chi connectivity index (χ3n) is 4.69. The van der Waals surface area contributed by atoms with Crippen molar-refractivity contribution in [3.8, 4) is 5.88 Å². The lowest BCUT2D eigenvalue weighted by Gasteiger charge is -2.26. The smallest absolute Gasteiger partial charge is 0.268 e. The standard InChI is InChI=1S/C20H27ClN4O5S/c1-13(2)8-15-11-30-18-10-17(21)23-20(24-18)25(12-28-3)31(26,27)16-7-5-6-14(9-16)19(22-15)29-4/h5-7,9-10,13,15,19,22H,8,11-12H2,1-4H3/t15-,19?/m1/s1. The molecule has 4 bridgehead atoms. The first-order valence-electron chi connectivity index (χ1n) is 9.82. The molecule has 11 heteroatoms. The minimum absolute atomic E-state index is 0.0524. The molecule has 170 valence electrons. The number of ether oxygens (including phenoxy) is 3. The third-order valence-corrected chi connectivity index (χ3v) is 6.58. The van der Waals surface area contributed by atoms with E-state index in [0.717, 1.165) is 10.7 Å². The molecule has 31 heavy (non-hydrogen) atoms. The molecule has 1 aromatic carbocycles. The Bertz CT molecular complexity index is 1000. The van der Waals surface area contributed by atoms with Crippen LogP contribution in [0.15, 0.2) is 35.2 Å². The van der Waals surface area contributed by atoms with E-state index in [1.807, 2.05) is 0 Å². The van der Waals surface area contributed by atoms with E-state index >= 15 is 0 Å². The van der Waals surface area contributed by atoms with Crippen LogP contribution in [0.4, 0.5) is 5.95 Å². The van der Waals surface area contributed by atoms with Gasteiger partial charge in [0.05, 0.1) is 4.90 Å². The Morgan fingerprint density at radius 1 is 1.29 bits per heavy atom. The van der Waals surface area contributed by atoms with Crippen LogP contribution in [0, 0.1) is 5.92 Å². The van der Waals surface area contributed by atoms with E-state index in [-0.39, 0.29) is 41.3 Å². The second-order valence-corrected chi connectivity index (χ2v) is 9.84. The number of hydrogen-bond donors (Lipinski definition) is 1. The molecule has 0 saturated carbocycles. The third kappa shape index (κ3) is 5.64. The highest BCUT2D eigenvalue weighted by molar-refractivity contribution is 7.92. The Kier molecular flexibility index (Phi) is 7.71. The van der Waals surface area contributed by atoms with Crippen LogP contribution in [0.1, 0.15) is 32.1 Å². The molecule has 0 spiro atoms. The molecular formula is C20H27ClN4O5S. The number of nitrogens with one attached hydrogen (secondary N) is 1. The Labute approximate surface area is 187 Å². The molecule has 0 saturated heterocycles. The normalized spacial score (nSPS) is 21.0. The molecule has 2 heterocycles. The van der Waals surface area contributed by atoms with Crippen molar-refractivity contribution in [3.05, 3.63) is 41.0 Å². The van der Waals surface area contributed by atoms with Crippen molar-refractivity contribution in [2.75, 3.05) is 31.9 Å². The predicted molar refractivity (Wildman–Crippen MR) is 117 cm³/mol. The van der Waals surface area contributed by atoms with Crippen LogP contribution in [-0.2, 0) is 19.5 Å². The summed E-state index contributed by atoms with van der Waals surface area (Å²) < 4.78 is 44.5. The maximum atomic E-state index is 13.4. The molecule has 1 aliphatic rings. The summed E-state index contributed by atoms with van der Waals surface area (Å²) >= 11 is 6.15. The Morgan fingerprint density at radius 2 is 2.06 bits per heavy atom. The van der Waals surface area contributed by atoms with E-state index in [1.54, 1.807) is 25.3 Å². The van der Waals surface area contributed by atoms with Gasteiger partial charge in [-0.15, -0.1) is 0 Å². The first kappa shape index (κ1) is 23.7. The predicted octanol–water partition coefficient (Wildman–Crippen LogP) is 2.97. The summed E-state index contributed by atoms with van der Waals surface area (Å²) in [6.07, 6.45) is 0.274. The number of nitrogens with zero attached hydrogens (tertiary/aromatic N) is 3. The summed E-state index contributed by atoms with van der Waals surface area (Å²) in [6.45, 7) is 4.20. The molecule has 0 aliphatic carbocycles. The maximum Gasteiger partial charge on any atom is 0.268 e. The van der Waals surface area contributed by atoms with E-state index in [1.165, 1.54) is 19.2 Å². The molecule has 2 aromatic rings. The van der Waals surface area contributed by atoms with Crippen LogP contribution >= 0.6 is 11.6 Å². The molecule has 1 aromatic heterocycles. The molecule has 0 radical (unpaired) electrons.